The molecule has 0 aromatic heterocycles. The highest BCUT2D eigenvalue weighted by Gasteiger charge is 2.46. The van der Waals surface area contributed by atoms with Crippen molar-refractivity contribution in [3.05, 3.63) is 0 Å². The fraction of sp³-hybridized carbons (Fsp3) is 0.933. The van der Waals surface area contributed by atoms with Crippen molar-refractivity contribution in [1.29, 1.82) is 0 Å². The van der Waals surface area contributed by atoms with Crippen molar-refractivity contribution in [3.8, 4) is 0 Å². The van der Waals surface area contributed by atoms with Crippen LogP contribution in [0.5, 0.6) is 0 Å². The van der Waals surface area contributed by atoms with Gasteiger partial charge in [-0.1, -0.05) is 13.8 Å². The van der Waals surface area contributed by atoms with Gasteiger partial charge in [-0.3, -0.25) is 4.79 Å². The molecule has 0 aromatic rings. The minimum Gasteiger partial charge on any atom is -0.355 e. The molecule has 19 heavy (non-hydrogen) atoms. The van der Waals surface area contributed by atoms with Crippen molar-refractivity contribution >= 4 is 5.91 Å². The van der Waals surface area contributed by atoms with Crippen molar-refractivity contribution in [2.45, 2.75) is 39.5 Å². The van der Waals surface area contributed by atoms with Gasteiger partial charge in [0.1, 0.15) is 0 Å². The molecular formula is C15H29N3O. The lowest BCUT2D eigenvalue weighted by atomic mass is 9.62. The van der Waals surface area contributed by atoms with Gasteiger partial charge in [0.2, 0.25) is 5.91 Å². The van der Waals surface area contributed by atoms with Gasteiger partial charge in [0.05, 0.1) is 5.41 Å². The van der Waals surface area contributed by atoms with Crippen LogP contribution in [-0.2, 0) is 4.79 Å². The molecule has 4 heteroatoms. The predicted molar refractivity (Wildman–Crippen MR) is 77.7 cm³/mol. The first-order valence-corrected chi connectivity index (χ1v) is 7.76. The molecule has 1 atom stereocenters. The first-order valence-electron chi connectivity index (χ1n) is 7.76. The molecule has 1 unspecified atom stereocenters. The van der Waals surface area contributed by atoms with Gasteiger partial charge in [-0.2, -0.15) is 0 Å². The van der Waals surface area contributed by atoms with Crippen LogP contribution in [0.3, 0.4) is 0 Å². The minimum atomic E-state index is -0.257. The maximum atomic E-state index is 12.3. The first-order chi connectivity index (χ1) is 9.05. The summed E-state index contributed by atoms with van der Waals surface area (Å²) in [6, 6.07) is 0. The summed E-state index contributed by atoms with van der Waals surface area (Å²) < 4.78 is 0. The van der Waals surface area contributed by atoms with Gasteiger partial charge in [-0.15, -0.1) is 0 Å². The van der Waals surface area contributed by atoms with E-state index in [-0.39, 0.29) is 11.3 Å². The predicted octanol–water partition coefficient (Wildman–Crippen LogP) is 1.21. The maximum absolute atomic E-state index is 12.3. The van der Waals surface area contributed by atoms with Crippen LogP contribution in [0.4, 0.5) is 0 Å². The van der Waals surface area contributed by atoms with Crippen LogP contribution in [0.2, 0.25) is 0 Å². The fourth-order valence-corrected chi connectivity index (χ4v) is 3.64. The molecule has 0 bridgehead atoms. The topological polar surface area (TPSA) is 58.4 Å². The van der Waals surface area contributed by atoms with E-state index in [9.17, 15) is 4.79 Å². The third-order valence-corrected chi connectivity index (χ3v) is 4.73. The van der Waals surface area contributed by atoms with Crippen molar-refractivity contribution < 1.29 is 4.79 Å². The molecular weight excluding hydrogens is 238 g/mol. The molecule has 110 valence electrons. The van der Waals surface area contributed by atoms with Gasteiger partial charge >= 0.3 is 0 Å². The Balaban J connectivity index is 1.70. The Labute approximate surface area is 117 Å². The third-order valence-electron chi connectivity index (χ3n) is 4.73. The van der Waals surface area contributed by atoms with E-state index in [1.807, 2.05) is 0 Å². The molecule has 3 N–H and O–H groups in total. The molecule has 2 rings (SSSR count). The zero-order chi connectivity index (χ0) is 13.9. The summed E-state index contributed by atoms with van der Waals surface area (Å²) in [5.74, 6) is 1.35. The highest BCUT2D eigenvalue weighted by molar-refractivity contribution is 5.83. The van der Waals surface area contributed by atoms with Gasteiger partial charge in [0.25, 0.3) is 0 Å². The Morgan fingerprint density at radius 2 is 2.05 bits per heavy atom. The Morgan fingerprint density at radius 3 is 2.58 bits per heavy atom. The number of amides is 1. The van der Waals surface area contributed by atoms with Crippen LogP contribution >= 0.6 is 0 Å². The standard InChI is InChI=1S/C15H29N3O/c1-12-7-15(8-12,11-16)14(19)17-9-13(2)10-18-5-3-4-6-18/h12-13H,3-11,16H2,1-2H3,(H,17,19). The van der Waals surface area contributed by atoms with Gasteiger partial charge in [-0.25, -0.2) is 0 Å². The van der Waals surface area contributed by atoms with Crippen molar-refractivity contribution in [1.82, 2.24) is 10.2 Å². The highest BCUT2D eigenvalue weighted by Crippen LogP contribution is 2.44. The first kappa shape index (κ1) is 14.8. The minimum absolute atomic E-state index is 0.182. The number of nitrogens with two attached hydrogens (primary N) is 1. The number of likely N-dealkylation sites (tertiary alicyclic amines) is 1. The van der Waals surface area contributed by atoms with E-state index in [1.54, 1.807) is 0 Å². The molecule has 1 amide bonds. The second-order valence-corrected chi connectivity index (χ2v) is 6.82. The summed E-state index contributed by atoms with van der Waals surface area (Å²) in [6.45, 7) is 9.24. The molecule has 1 aliphatic carbocycles. The highest BCUT2D eigenvalue weighted by atomic mass is 16.2. The smallest absolute Gasteiger partial charge is 0.227 e. The molecule has 0 radical (unpaired) electrons. The van der Waals surface area contributed by atoms with E-state index in [2.05, 4.69) is 24.1 Å². The maximum Gasteiger partial charge on any atom is 0.227 e. The SMILES string of the molecule is CC(CNC(=O)C1(CN)CC(C)C1)CN1CCCC1. The number of nitrogens with one attached hydrogen (secondary N) is 1. The van der Waals surface area contributed by atoms with Gasteiger partial charge in [-0.05, 0) is 50.6 Å². The molecule has 0 spiro atoms. The van der Waals surface area contributed by atoms with Gasteiger partial charge in [0.15, 0.2) is 0 Å². The normalized spacial score (nSPS) is 32.9. The summed E-state index contributed by atoms with van der Waals surface area (Å²) in [5, 5.41) is 3.13. The van der Waals surface area contributed by atoms with Crippen LogP contribution in [0.1, 0.15) is 39.5 Å². The summed E-state index contributed by atoms with van der Waals surface area (Å²) in [5.41, 5.74) is 5.54. The monoisotopic (exact) mass is 267 g/mol. The van der Waals surface area contributed by atoms with Crippen LogP contribution in [0.25, 0.3) is 0 Å². The Bertz CT molecular complexity index is 307. The van der Waals surface area contributed by atoms with E-state index in [4.69, 9.17) is 5.73 Å². The average molecular weight is 267 g/mol. The summed E-state index contributed by atoms with van der Waals surface area (Å²) in [7, 11) is 0. The summed E-state index contributed by atoms with van der Waals surface area (Å²) in [6.07, 6.45) is 4.56. The van der Waals surface area contributed by atoms with Crippen LogP contribution in [0, 0.1) is 17.3 Å². The molecule has 1 aliphatic heterocycles. The van der Waals surface area contributed by atoms with E-state index in [1.165, 1.54) is 25.9 Å². The Morgan fingerprint density at radius 1 is 1.42 bits per heavy atom. The number of hydrogen-bond donors (Lipinski definition) is 2. The van der Waals surface area contributed by atoms with Gasteiger partial charge < -0.3 is 16.0 Å². The Hall–Kier alpha value is -0.610. The molecule has 1 saturated heterocycles. The summed E-state index contributed by atoms with van der Waals surface area (Å²) in [4.78, 5) is 14.8. The molecule has 1 heterocycles. The van der Waals surface area contributed by atoms with Crippen LogP contribution < -0.4 is 11.1 Å². The number of carbonyl (C=O) groups excluding carboxylic acids is 1. The molecule has 2 fully saturated rings. The average Bonchev–Trinajstić information content (AvgIpc) is 2.84. The fourth-order valence-electron chi connectivity index (χ4n) is 3.64. The van der Waals surface area contributed by atoms with Crippen LogP contribution in [0.15, 0.2) is 0 Å². The quantitative estimate of drug-likeness (QED) is 0.760. The van der Waals surface area contributed by atoms with Crippen molar-refractivity contribution in [2.75, 3.05) is 32.7 Å². The zero-order valence-corrected chi connectivity index (χ0v) is 12.5. The zero-order valence-electron chi connectivity index (χ0n) is 12.5. The molecule has 4 nitrogen and oxygen atoms in total. The lowest BCUT2D eigenvalue weighted by Crippen LogP contribution is -2.54. The van der Waals surface area contributed by atoms with Gasteiger partial charge in [0, 0.05) is 19.6 Å². The third kappa shape index (κ3) is 3.48. The van der Waals surface area contributed by atoms with E-state index in [0.29, 0.717) is 18.4 Å². The molecule has 0 aromatic carbocycles. The van der Waals surface area contributed by atoms with Crippen molar-refractivity contribution in [3.63, 3.8) is 0 Å². The number of nitrogens with zero attached hydrogens (tertiary/aromatic N) is 1. The Kier molecular flexibility index (Phi) is 4.85. The molecule has 2 aliphatic rings. The largest absolute Gasteiger partial charge is 0.355 e. The number of carbonyl (C=O) groups is 1. The number of rotatable bonds is 6. The van der Waals surface area contributed by atoms with Crippen LogP contribution in [-0.4, -0.2) is 43.5 Å². The summed E-state index contributed by atoms with van der Waals surface area (Å²) >= 11 is 0. The van der Waals surface area contributed by atoms with Crippen molar-refractivity contribution in [2.24, 2.45) is 23.0 Å². The second kappa shape index (κ2) is 6.23. The van der Waals surface area contributed by atoms with E-state index >= 15 is 0 Å². The molecule has 1 saturated carbocycles. The van der Waals surface area contributed by atoms with E-state index < -0.39 is 0 Å². The number of hydrogen-bond acceptors (Lipinski definition) is 3. The van der Waals surface area contributed by atoms with E-state index in [0.717, 1.165) is 25.9 Å². The lowest BCUT2D eigenvalue weighted by molar-refractivity contribution is -0.138. The second-order valence-electron chi connectivity index (χ2n) is 6.82. The lowest BCUT2D eigenvalue weighted by Gasteiger charge is -2.44.